The van der Waals surface area contributed by atoms with E-state index in [4.69, 9.17) is 21.8 Å². The molecule has 1 aliphatic carbocycles. The Balaban J connectivity index is 2.38. The highest BCUT2D eigenvalue weighted by atomic mass is 28.5. The van der Waals surface area contributed by atoms with Crippen molar-refractivity contribution in [3.05, 3.63) is 0 Å². The van der Waals surface area contributed by atoms with Crippen molar-refractivity contribution >= 4 is 17.6 Å². The summed E-state index contributed by atoms with van der Waals surface area (Å²) in [6.07, 6.45) is 7.74. The number of hydrogen-bond donors (Lipinski definition) is 1. The highest BCUT2D eigenvalue weighted by molar-refractivity contribution is 6.75. The molecule has 0 saturated heterocycles. The molecular weight excluding hydrogens is 318 g/mol. The molecule has 0 aromatic rings. The van der Waals surface area contributed by atoms with Crippen LogP contribution in [0.2, 0.25) is 12.6 Å². The van der Waals surface area contributed by atoms with Gasteiger partial charge in [0.25, 0.3) is 0 Å². The van der Waals surface area contributed by atoms with Crippen molar-refractivity contribution < 1.29 is 21.8 Å². The fourth-order valence-electron chi connectivity index (χ4n) is 2.86. The lowest BCUT2D eigenvalue weighted by molar-refractivity contribution is 0.0367. The van der Waals surface area contributed by atoms with Gasteiger partial charge in [0.2, 0.25) is 0 Å². The lowest BCUT2D eigenvalue weighted by Gasteiger charge is -2.33. The minimum absolute atomic E-state index is 0.690. The van der Waals surface area contributed by atoms with Crippen molar-refractivity contribution in [2.45, 2.75) is 57.2 Å². The summed E-state index contributed by atoms with van der Waals surface area (Å²) in [4.78, 5) is 0. The average molecular weight is 352 g/mol. The number of nitrogens with one attached hydrogen (secondary N) is 1. The smallest absolute Gasteiger partial charge is 0.398 e. The molecule has 0 amide bonds. The van der Waals surface area contributed by atoms with Gasteiger partial charge in [-0.2, -0.15) is 0 Å². The molecule has 1 fully saturated rings. The van der Waals surface area contributed by atoms with E-state index in [1.165, 1.54) is 32.1 Å². The van der Waals surface area contributed by atoms with Gasteiger partial charge in [-0.25, -0.2) is 0 Å². The normalized spacial score (nSPS) is 20.0. The quantitative estimate of drug-likeness (QED) is 0.456. The Morgan fingerprint density at radius 3 is 2.00 bits per heavy atom. The van der Waals surface area contributed by atoms with E-state index in [0.29, 0.717) is 6.04 Å². The molecular formula is C14H33NO5Si2. The van der Waals surface area contributed by atoms with E-state index in [1.807, 2.05) is 6.55 Å². The molecule has 0 aromatic carbocycles. The zero-order chi connectivity index (χ0) is 16.5. The van der Waals surface area contributed by atoms with Crippen molar-refractivity contribution in [1.82, 2.24) is 5.32 Å². The minimum atomic E-state index is -3.05. The molecule has 1 atom stereocenters. The second-order valence-corrected chi connectivity index (χ2v) is 12.2. The third-order valence-electron chi connectivity index (χ3n) is 4.37. The van der Waals surface area contributed by atoms with E-state index < -0.39 is 17.6 Å². The van der Waals surface area contributed by atoms with Crippen LogP contribution in [-0.2, 0) is 21.8 Å². The topological polar surface area (TPSA) is 58.2 Å². The van der Waals surface area contributed by atoms with Crippen LogP contribution in [0, 0.1) is 0 Å². The Morgan fingerprint density at radius 2 is 1.50 bits per heavy atom. The van der Waals surface area contributed by atoms with Gasteiger partial charge < -0.3 is 27.1 Å². The van der Waals surface area contributed by atoms with Crippen LogP contribution in [-0.4, -0.2) is 58.6 Å². The summed E-state index contributed by atoms with van der Waals surface area (Å²) in [5, 5.41) is 3.65. The summed E-state index contributed by atoms with van der Waals surface area (Å²) in [5.41, 5.74) is 0. The zero-order valence-corrected chi connectivity index (χ0v) is 16.8. The second kappa shape index (κ2) is 10.1. The summed E-state index contributed by atoms with van der Waals surface area (Å²) < 4.78 is 27.8. The van der Waals surface area contributed by atoms with Crippen molar-refractivity contribution in [3.8, 4) is 0 Å². The highest BCUT2D eigenvalue weighted by Gasteiger charge is 2.50. The van der Waals surface area contributed by atoms with E-state index in [1.54, 1.807) is 28.4 Å². The maximum atomic E-state index is 6.08. The van der Waals surface area contributed by atoms with E-state index in [-0.39, 0.29) is 0 Å². The molecule has 1 saturated carbocycles. The SMILES string of the molecule is CO[Si](C)(CCCNC1CCCCC1)O[Si](OC)(OC)OC. The largest absolute Gasteiger partial charge is 0.669 e. The van der Waals surface area contributed by atoms with Gasteiger partial charge >= 0.3 is 17.6 Å². The molecule has 0 bridgehead atoms. The average Bonchev–Trinajstić information content (AvgIpc) is 2.58. The van der Waals surface area contributed by atoms with Crippen molar-refractivity contribution in [2.24, 2.45) is 0 Å². The van der Waals surface area contributed by atoms with Crippen LogP contribution in [0.15, 0.2) is 0 Å². The molecule has 0 aromatic heterocycles. The van der Waals surface area contributed by atoms with Gasteiger partial charge in [0.1, 0.15) is 0 Å². The third-order valence-corrected chi connectivity index (χ3v) is 10.7. The van der Waals surface area contributed by atoms with E-state index >= 15 is 0 Å². The van der Waals surface area contributed by atoms with Gasteiger partial charge in [-0.1, -0.05) is 19.3 Å². The van der Waals surface area contributed by atoms with Gasteiger partial charge in [0.05, 0.1) is 0 Å². The lowest BCUT2D eigenvalue weighted by atomic mass is 9.95. The molecule has 1 unspecified atom stereocenters. The molecule has 1 rings (SSSR count). The van der Waals surface area contributed by atoms with E-state index in [0.717, 1.165) is 19.0 Å². The fraction of sp³-hybridized carbons (Fsp3) is 1.00. The Labute approximate surface area is 137 Å². The van der Waals surface area contributed by atoms with E-state index in [9.17, 15) is 0 Å². The van der Waals surface area contributed by atoms with E-state index in [2.05, 4.69) is 5.32 Å². The summed E-state index contributed by atoms with van der Waals surface area (Å²) in [6.45, 7) is 3.04. The molecule has 1 aliphatic rings. The lowest BCUT2D eigenvalue weighted by Crippen LogP contribution is -2.56. The molecule has 0 aliphatic heterocycles. The molecule has 0 radical (unpaired) electrons. The van der Waals surface area contributed by atoms with Gasteiger partial charge in [-0.15, -0.1) is 0 Å². The molecule has 1 N–H and O–H groups in total. The van der Waals surface area contributed by atoms with Crippen LogP contribution in [0.25, 0.3) is 0 Å². The maximum absolute atomic E-state index is 6.08. The maximum Gasteiger partial charge on any atom is 0.669 e. The van der Waals surface area contributed by atoms with Crippen LogP contribution in [0.4, 0.5) is 0 Å². The Kier molecular flexibility index (Phi) is 9.33. The Hall–Kier alpha value is 0.194. The summed E-state index contributed by atoms with van der Waals surface area (Å²) >= 11 is 0. The van der Waals surface area contributed by atoms with Gasteiger partial charge in [0, 0.05) is 34.5 Å². The van der Waals surface area contributed by atoms with Gasteiger partial charge in [-0.05, 0) is 38.4 Å². The highest BCUT2D eigenvalue weighted by Crippen LogP contribution is 2.22. The summed E-state index contributed by atoms with van der Waals surface area (Å²) in [6, 6.07) is 1.57. The number of rotatable bonds is 11. The molecule has 22 heavy (non-hydrogen) atoms. The molecule has 8 heteroatoms. The zero-order valence-electron chi connectivity index (χ0n) is 14.8. The minimum Gasteiger partial charge on any atom is -0.398 e. The monoisotopic (exact) mass is 351 g/mol. The van der Waals surface area contributed by atoms with Crippen molar-refractivity contribution in [3.63, 3.8) is 0 Å². The predicted octanol–water partition coefficient (Wildman–Crippen LogP) is 2.41. The summed E-state index contributed by atoms with van der Waals surface area (Å²) in [7, 11) is 0.934. The fourth-order valence-corrected chi connectivity index (χ4v) is 8.24. The van der Waals surface area contributed by atoms with Crippen LogP contribution < -0.4 is 5.32 Å². The Morgan fingerprint density at radius 1 is 0.909 bits per heavy atom. The van der Waals surface area contributed by atoms with Gasteiger partial charge in [0.15, 0.2) is 0 Å². The van der Waals surface area contributed by atoms with Crippen LogP contribution in [0.3, 0.4) is 0 Å². The first-order chi connectivity index (χ1) is 10.5. The van der Waals surface area contributed by atoms with Crippen molar-refractivity contribution in [1.29, 1.82) is 0 Å². The van der Waals surface area contributed by atoms with Crippen LogP contribution in [0.5, 0.6) is 0 Å². The molecule has 132 valence electrons. The van der Waals surface area contributed by atoms with Crippen LogP contribution >= 0.6 is 0 Å². The first-order valence-corrected chi connectivity index (χ1v) is 12.3. The predicted molar refractivity (Wildman–Crippen MR) is 90.8 cm³/mol. The molecule has 6 nitrogen and oxygen atoms in total. The summed E-state index contributed by atoms with van der Waals surface area (Å²) in [5.74, 6) is 0. The standard InChI is InChI=1S/C14H33NO5Si2/c1-16-21(5,20-22(17-2,18-3)19-4)13-9-12-15-14-10-7-6-8-11-14/h14-15H,6-13H2,1-5H3. The Bertz CT molecular complexity index is 293. The van der Waals surface area contributed by atoms with Gasteiger partial charge in [-0.3, -0.25) is 0 Å². The molecule has 0 heterocycles. The van der Waals surface area contributed by atoms with Crippen LogP contribution in [0.1, 0.15) is 38.5 Å². The third kappa shape index (κ3) is 6.36. The molecule has 0 spiro atoms. The first-order valence-electron chi connectivity index (χ1n) is 8.17. The first kappa shape index (κ1) is 20.2. The second-order valence-electron chi connectivity index (χ2n) is 5.94. The van der Waals surface area contributed by atoms with Crippen molar-refractivity contribution in [2.75, 3.05) is 35.0 Å². The number of hydrogen-bond acceptors (Lipinski definition) is 6.